The first-order valence-corrected chi connectivity index (χ1v) is 8.35. The maximum atomic E-state index is 12.4. The Bertz CT molecular complexity index is 559. The average Bonchev–Trinajstić information content (AvgIpc) is 2.59. The minimum absolute atomic E-state index is 0.141. The van der Waals surface area contributed by atoms with Crippen molar-refractivity contribution in [2.75, 3.05) is 6.54 Å². The molecule has 3 rings (SSSR count). The number of carbonyl (C=O) groups excluding carboxylic acids is 1. The minimum Gasteiger partial charge on any atom is -0.481 e. The zero-order valence-electron chi connectivity index (χ0n) is 13.2. The molecule has 1 aromatic rings. The topological polar surface area (TPSA) is 66.8 Å². The molecule has 1 aliphatic carbocycles. The molecule has 1 N–H and O–H groups in total. The number of carbonyl (C=O) groups is 2. The Balaban J connectivity index is 1.59. The van der Waals surface area contributed by atoms with Crippen molar-refractivity contribution in [2.45, 2.75) is 44.8 Å². The van der Waals surface area contributed by atoms with Gasteiger partial charge in [0.2, 0.25) is 0 Å². The van der Waals surface area contributed by atoms with Crippen LogP contribution in [-0.2, 0) is 16.1 Å². The molecule has 1 amide bonds. The summed E-state index contributed by atoms with van der Waals surface area (Å²) >= 11 is 0. The van der Waals surface area contributed by atoms with E-state index in [1.165, 1.54) is 0 Å². The summed E-state index contributed by atoms with van der Waals surface area (Å²) in [5.41, 5.74) is 0.976. The molecule has 0 radical (unpaired) electrons. The molecule has 1 saturated heterocycles. The molecule has 0 bridgehead atoms. The standard InChI is InChI=1S/C18H23NO4/c20-17(21)15-8-9-16-14(11-15)7-4-10-19(16)18(22)23-12-13-5-2-1-3-6-13/h1-3,5-6,14-16H,4,7-12H2,(H,20,21). The van der Waals surface area contributed by atoms with Crippen LogP contribution in [0.15, 0.2) is 30.3 Å². The lowest BCUT2D eigenvalue weighted by atomic mass is 9.73. The quantitative estimate of drug-likeness (QED) is 0.929. The van der Waals surface area contributed by atoms with E-state index in [1.54, 1.807) is 0 Å². The molecular weight excluding hydrogens is 294 g/mol. The molecule has 3 atom stereocenters. The molecule has 3 unspecified atom stereocenters. The highest BCUT2D eigenvalue weighted by Gasteiger charge is 2.41. The maximum absolute atomic E-state index is 12.4. The Morgan fingerprint density at radius 2 is 1.96 bits per heavy atom. The molecular formula is C18H23NO4. The van der Waals surface area contributed by atoms with E-state index < -0.39 is 5.97 Å². The van der Waals surface area contributed by atoms with E-state index in [-0.39, 0.29) is 24.7 Å². The molecule has 5 heteroatoms. The lowest BCUT2D eigenvalue weighted by Gasteiger charge is -2.44. The highest BCUT2D eigenvalue weighted by molar-refractivity contribution is 5.71. The molecule has 1 saturated carbocycles. The van der Waals surface area contributed by atoms with E-state index in [1.807, 2.05) is 35.2 Å². The van der Waals surface area contributed by atoms with Gasteiger partial charge in [-0.1, -0.05) is 30.3 Å². The predicted octanol–water partition coefficient (Wildman–Crippen LogP) is 3.29. The largest absolute Gasteiger partial charge is 0.481 e. The third kappa shape index (κ3) is 3.66. The first-order chi connectivity index (χ1) is 11.1. The molecule has 1 heterocycles. The summed E-state index contributed by atoms with van der Waals surface area (Å²) < 4.78 is 5.46. The highest BCUT2D eigenvalue weighted by Crippen LogP contribution is 2.38. The number of carboxylic acids is 1. The van der Waals surface area contributed by atoms with Crippen molar-refractivity contribution in [3.8, 4) is 0 Å². The number of rotatable bonds is 3. The van der Waals surface area contributed by atoms with Crippen molar-refractivity contribution >= 4 is 12.1 Å². The van der Waals surface area contributed by atoms with Crippen LogP contribution in [0.25, 0.3) is 0 Å². The Morgan fingerprint density at radius 1 is 1.17 bits per heavy atom. The molecule has 0 spiro atoms. The van der Waals surface area contributed by atoms with Crippen LogP contribution < -0.4 is 0 Å². The first-order valence-electron chi connectivity index (χ1n) is 8.35. The van der Waals surface area contributed by atoms with Crippen LogP contribution in [0.4, 0.5) is 4.79 Å². The third-order valence-electron chi connectivity index (χ3n) is 5.11. The summed E-state index contributed by atoms with van der Waals surface area (Å²) in [4.78, 5) is 25.5. The summed E-state index contributed by atoms with van der Waals surface area (Å²) in [5.74, 6) is -0.661. The summed E-state index contributed by atoms with van der Waals surface area (Å²) in [7, 11) is 0. The Hall–Kier alpha value is -2.04. The molecule has 0 aromatic heterocycles. The Morgan fingerprint density at radius 3 is 2.70 bits per heavy atom. The molecule has 2 aliphatic rings. The third-order valence-corrected chi connectivity index (χ3v) is 5.11. The summed E-state index contributed by atoms with van der Waals surface area (Å²) in [6, 6.07) is 9.79. The number of nitrogens with zero attached hydrogens (tertiary/aromatic N) is 1. The van der Waals surface area contributed by atoms with Gasteiger partial charge in [-0.2, -0.15) is 0 Å². The number of amides is 1. The molecule has 5 nitrogen and oxygen atoms in total. The van der Waals surface area contributed by atoms with Gasteiger partial charge in [-0.05, 0) is 43.6 Å². The van der Waals surface area contributed by atoms with Gasteiger partial charge in [-0.25, -0.2) is 4.79 Å². The van der Waals surface area contributed by atoms with Crippen molar-refractivity contribution in [1.82, 2.24) is 4.90 Å². The SMILES string of the molecule is O=C(O)C1CCC2C(CCCN2C(=O)OCc2ccccc2)C1. The van der Waals surface area contributed by atoms with Gasteiger partial charge in [0.1, 0.15) is 6.61 Å². The Kier molecular flexibility index (Phi) is 4.84. The normalized spacial score (nSPS) is 27.1. The average molecular weight is 317 g/mol. The summed E-state index contributed by atoms with van der Waals surface area (Å²) in [6.45, 7) is 0.998. The zero-order valence-corrected chi connectivity index (χ0v) is 13.2. The summed E-state index contributed by atoms with van der Waals surface area (Å²) in [5, 5.41) is 9.21. The van der Waals surface area contributed by atoms with Crippen LogP contribution in [0.3, 0.4) is 0 Å². The zero-order chi connectivity index (χ0) is 16.2. The first kappa shape index (κ1) is 15.8. The van der Waals surface area contributed by atoms with Crippen molar-refractivity contribution in [2.24, 2.45) is 11.8 Å². The van der Waals surface area contributed by atoms with Gasteiger partial charge in [-0.15, -0.1) is 0 Å². The summed E-state index contributed by atoms with van der Waals surface area (Å²) in [6.07, 6.45) is 3.77. The van der Waals surface area contributed by atoms with Gasteiger partial charge < -0.3 is 14.7 Å². The van der Waals surface area contributed by atoms with Crippen molar-refractivity contribution < 1.29 is 19.4 Å². The van der Waals surface area contributed by atoms with Crippen LogP contribution in [0.1, 0.15) is 37.7 Å². The molecule has 1 aromatic carbocycles. The second kappa shape index (κ2) is 7.02. The fourth-order valence-corrected chi connectivity index (χ4v) is 3.91. The van der Waals surface area contributed by atoms with E-state index in [9.17, 15) is 14.7 Å². The van der Waals surface area contributed by atoms with Crippen LogP contribution >= 0.6 is 0 Å². The lowest BCUT2D eigenvalue weighted by Crippen LogP contribution is -2.51. The molecule has 23 heavy (non-hydrogen) atoms. The van der Waals surface area contributed by atoms with Crippen LogP contribution in [0, 0.1) is 11.8 Å². The fourth-order valence-electron chi connectivity index (χ4n) is 3.91. The van der Waals surface area contributed by atoms with Crippen molar-refractivity contribution in [1.29, 1.82) is 0 Å². The van der Waals surface area contributed by atoms with E-state index in [0.717, 1.165) is 24.8 Å². The van der Waals surface area contributed by atoms with Crippen LogP contribution in [0.2, 0.25) is 0 Å². The number of hydrogen-bond donors (Lipinski definition) is 1. The highest BCUT2D eigenvalue weighted by atomic mass is 16.6. The van der Waals surface area contributed by atoms with Crippen LogP contribution in [-0.4, -0.2) is 34.7 Å². The monoisotopic (exact) mass is 317 g/mol. The number of fused-ring (bicyclic) bond motifs is 1. The van der Waals surface area contributed by atoms with Gasteiger partial charge in [0.05, 0.1) is 5.92 Å². The number of aliphatic carboxylic acids is 1. The van der Waals surface area contributed by atoms with Crippen molar-refractivity contribution in [3.05, 3.63) is 35.9 Å². The Labute approximate surface area is 136 Å². The van der Waals surface area contributed by atoms with Gasteiger partial charge in [0.25, 0.3) is 0 Å². The van der Waals surface area contributed by atoms with Gasteiger partial charge in [0, 0.05) is 12.6 Å². The maximum Gasteiger partial charge on any atom is 0.410 e. The predicted molar refractivity (Wildman–Crippen MR) is 84.8 cm³/mol. The minimum atomic E-state index is -0.702. The fraction of sp³-hybridized carbons (Fsp3) is 0.556. The van der Waals surface area contributed by atoms with Gasteiger partial charge >= 0.3 is 12.1 Å². The number of hydrogen-bond acceptors (Lipinski definition) is 3. The number of likely N-dealkylation sites (tertiary alicyclic amines) is 1. The lowest BCUT2D eigenvalue weighted by molar-refractivity contribution is -0.144. The van der Waals surface area contributed by atoms with E-state index in [2.05, 4.69) is 0 Å². The van der Waals surface area contributed by atoms with Gasteiger partial charge in [-0.3, -0.25) is 4.79 Å². The molecule has 1 aliphatic heterocycles. The van der Waals surface area contributed by atoms with Crippen LogP contribution in [0.5, 0.6) is 0 Å². The number of piperidine rings is 1. The van der Waals surface area contributed by atoms with E-state index in [4.69, 9.17) is 4.74 Å². The second-order valence-corrected chi connectivity index (χ2v) is 6.55. The smallest absolute Gasteiger partial charge is 0.410 e. The molecule has 124 valence electrons. The number of benzene rings is 1. The van der Waals surface area contributed by atoms with Crippen molar-refractivity contribution in [3.63, 3.8) is 0 Å². The molecule has 2 fully saturated rings. The van der Waals surface area contributed by atoms with E-state index >= 15 is 0 Å². The number of ether oxygens (including phenoxy) is 1. The van der Waals surface area contributed by atoms with E-state index in [0.29, 0.717) is 25.3 Å². The second-order valence-electron chi connectivity index (χ2n) is 6.55. The van der Waals surface area contributed by atoms with Gasteiger partial charge in [0.15, 0.2) is 0 Å². The number of carboxylic acid groups (broad SMARTS) is 1.